The van der Waals surface area contributed by atoms with Crippen LogP contribution in [0.4, 0.5) is 5.69 Å². The minimum absolute atomic E-state index is 0.281. The Hall–Kier alpha value is -1.81. The second-order valence-electron chi connectivity index (χ2n) is 4.72. The SMILES string of the molecule is CCOC(=O)C(Nc1ccc(C)cc1Br)c1ccccc1. The van der Waals surface area contributed by atoms with Gasteiger partial charge in [0.05, 0.1) is 6.61 Å². The molecule has 4 heteroatoms. The molecule has 3 nitrogen and oxygen atoms in total. The minimum atomic E-state index is -0.523. The third-order valence-electron chi connectivity index (χ3n) is 3.08. The lowest BCUT2D eigenvalue weighted by atomic mass is 10.1. The first-order chi connectivity index (χ1) is 10.1. The van der Waals surface area contributed by atoms with Gasteiger partial charge in [0.1, 0.15) is 0 Å². The predicted molar refractivity (Wildman–Crippen MR) is 88.3 cm³/mol. The first-order valence-corrected chi connectivity index (χ1v) is 7.65. The lowest BCUT2D eigenvalue weighted by molar-refractivity contribution is -0.144. The minimum Gasteiger partial charge on any atom is -0.464 e. The summed E-state index contributed by atoms with van der Waals surface area (Å²) < 4.78 is 6.10. The lowest BCUT2D eigenvalue weighted by Gasteiger charge is -2.20. The molecule has 0 aliphatic carbocycles. The number of carbonyl (C=O) groups is 1. The molecule has 0 aliphatic heterocycles. The van der Waals surface area contributed by atoms with Gasteiger partial charge in [-0.05, 0) is 53.0 Å². The number of aryl methyl sites for hydroxylation is 1. The average molecular weight is 348 g/mol. The Morgan fingerprint density at radius 3 is 2.57 bits per heavy atom. The summed E-state index contributed by atoms with van der Waals surface area (Å²) in [5.41, 5.74) is 2.89. The van der Waals surface area contributed by atoms with Crippen molar-refractivity contribution < 1.29 is 9.53 Å². The van der Waals surface area contributed by atoms with Crippen LogP contribution in [0.2, 0.25) is 0 Å². The fraction of sp³-hybridized carbons (Fsp3) is 0.235. The average Bonchev–Trinajstić information content (AvgIpc) is 2.47. The first-order valence-electron chi connectivity index (χ1n) is 6.86. The summed E-state index contributed by atoms with van der Waals surface area (Å²) in [6, 6.07) is 15.0. The monoisotopic (exact) mass is 347 g/mol. The van der Waals surface area contributed by atoms with Gasteiger partial charge in [0.15, 0.2) is 6.04 Å². The number of rotatable bonds is 5. The topological polar surface area (TPSA) is 38.3 Å². The van der Waals surface area contributed by atoms with E-state index < -0.39 is 6.04 Å². The molecule has 2 aromatic rings. The van der Waals surface area contributed by atoms with Crippen molar-refractivity contribution in [1.29, 1.82) is 0 Å². The summed E-state index contributed by atoms with van der Waals surface area (Å²) in [6.07, 6.45) is 0. The molecule has 0 saturated carbocycles. The molecule has 2 rings (SSSR count). The third-order valence-corrected chi connectivity index (χ3v) is 3.74. The molecule has 2 aromatic carbocycles. The summed E-state index contributed by atoms with van der Waals surface area (Å²) in [7, 11) is 0. The highest BCUT2D eigenvalue weighted by atomic mass is 79.9. The van der Waals surface area contributed by atoms with Crippen molar-refractivity contribution in [3.05, 3.63) is 64.1 Å². The molecule has 0 aromatic heterocycles. The highest BCUT2D eigenvalue weighted by molar-refractivity contribution is 9.10. The smallest absolute Gasteiger partial charge is 0.333 e. The molecular formula is C17H18BrNO2. The maximum atomic E-state index is 12.2. The maximum Gasteiger partial charge on any atom is 0.333 e. The van der Waals surface area contributed by atoms with Crippen molar-refractivity contribution in [2.75, 3.05) is 11.9 Å². The van der Waals surface area contributed by atoms with Gasteiger partial charge in [-0.3, -0.25) is 0 Å². The number of anilines is 1. The van der Waals surface area contributed by atoms with Crippen LogP contribution in [0.5, 0.6) is 0 Å². The number of benzene rings is 2. The fourth-order valence-corrected chi connectivity index (χ4v) is 2.65. The molecule has 0 spiro atoms. The summed E-state index contributed by atoms with van der Waals surface area (Å²) in [5.74, 6) is -0.281. The predicted octanol–water partition coefficient (Wildman–Crippen LogP) is 4.47. The Balaban J connectivity index is 2.30. The van der Waals surface area contributed by atoms with Gasteiger partial charge in [-0.2, -0.15) is 0 Å². The van der Waals surface area contributed by atoms with Gasteiger partial charge >= 0.3 is 5.97 Å². The molecule has 1 unspecified atom stereocenters. The molecule has 0 radical (unpaired) electrons. The van der Waals surface area contributed by atoms with Gasteiger partial charge < -0.3 is 10.1 Å². The number of esters is 1. The summed E-state index contributed by atoms with van der Waals surface area (Å²) in [4.78, 5) is 12.2. The van der Waals surface area contributed by atoms with Crippen LogP contribution in [0.1, 0.15) is 24.1 Å². The highest BCUT2D eigenvalue weighted by Crippen LogP contribution is 2.28. The summed E-state index contributed by atoms with van der Waals surface area (Å²) >= 11 is 3.52. The standard InChI is InChI=1S/C17H18BrNO2/c1-3-21-17(20)16(13-7-5-4-6-8-13)19-15-10-9-12(2)11-14(15)18/h4-11,16,19H,3H2,1-2H3. The number of halogens is 1. The molecule has 1 atom stereocenters. The van der Waals surface area contributed by atoms with Crippen LogP contribution in [0.3, 0.4) is 0 Å². The van der Waals surface area contributed by atoms with Crippen molar-refractivity contribution >= 4 is 27.6 Å². The molecule has 0 saturated heterocycles. The van der Waals surface area contributed by atoms with E-state index in [1.165, 1.54) is 0 Å². The van der Waals surface area contributed by atoms with Crippen LogP contribution in [0.25, 0.3) is 0 Å². The largest absolute Gasteiger partial charge is 0.464 e. The van der Waals surface area contributed by atoms with Gasteiger partial charge in [-0.15, -0.1) is 0 Å². The van der Waals surface area contributed by atoms with Crippen LogP contribution in [0, 0.1) is 6.92 Å². The van der Waals surface area contributed by atoms with Crippen molar-refractivity contribution in [3.63, 3.8) is 0 Å². The van der Waals surface area contributed by atoms with Crippen molar-refractivity contribution in [3.8, 4) is 0 Å². The molecule has 0 amide bonds. The number of ether oxygens (including phenoxy) is 1. The van der Waals surface area contributed by atoms with Gasteiger partial charge in [0.25, 0.3) is 0 Å². The Morgan fingerprint density at radius 1 is 1.24 bits per heavy atom. The fourth-order valence-electron chi connectivity index (χ4n) is 2.04. The Kier molecular flexibility index (Phi) is 5.39. The Labute approximate surface area is 133 Å². The van der Waals surface area contributed by atoms with E-state index in [2.05, 4.69) is 21.2 Å². The maximum absolute atomic E-state index is 12.2. The number of nitrogens with one attached hydrogen (secondary N) is 1. The zero-order valence-corrected chi connectivity index (χ0v) is 13.7. The Morgan fingerprint density at radius 2 is 1.95 bits per heavy atom. The lowest BCUT2D eigenvalue weighted by Crippen LogP contribution is -2.23. The van der Waals surface area contributed by atoms with Crippen LogP contribution in [-0.4, -0.2) is 12.6 Å². The van der Waals surface area contributed by atoms with Crippen molar-refractivity contribution in [2.24, 2.45) is 0 Å². The van der Waals surface area contributed by atoms with Crippen LogP contribution >= 0.6 is 15.9 Å². The highest BCUT2D eigenvalue weighted by Gasteiger charge is 2.22. The molecule has 1 N–H and O–H groups in total. The van der Waals surface area contributed by atoms with Crippen molar-refractivity contribution in [1.82, 2.24) is 0 Å². The molecule has 0 aliphatic rings. The zero-order chi connectivity index (χ0) is 15.2. The molecule has 0 fully saturated rings. The summed E-state index contributed by atoms with van der Waals surface area (Å²) in [5, 5.41) is 3.25. The van der Waals surface area contributed by atoms with E-state index in [1.54, 1.807) is 0 Å². The number of carbonyl (C=O) groups excluding carboxylic acids is 1. The second kappa shape index (κ2) is 7.27. The van der Waals surface area contributed by atoms with Crippen LogP contribution < -0.4 is 5.32 Å². The van der Waals surface area contributed by atoms with E-state index in [9.17, 15) is 4.79 Å². The number of hydrogen-bond acceptors (Lipinski definition) is 3. The quantitative estimate of drug-likeness (QED) is 0.810. The Bertz CT molecular complexity index is 613. The number of hydrogen-bond donors (Lipinski definition) is 1. The van der Waals surface area contributed by atoms with Gasteiger partial charge in [0.2, 0.25) is 0 Å². The van der Waals surface area contributed by atoms with Crippen molar-refractivity contribution in [2.45, 2.75) is 19.9 Å². The van der Waals surface area contributed by atoms with Gasteiger partial charge in [0, 0.05) is 10.2 Å². The van der Waals surface area contributed by atoms with Crippen LogP contribution in [-0.2, 0) is 9.53 Å². The van der Waals surface area contributed by atoms with E-state index >= 15 is 0 Å². The molecule has 0 bridgehead atoms. The zero-order valence-electron chi connectivity index (χ0n) is 12.1. The van der Waals surface area contributed by atoms with Gasteiger partial charge in [-0.1, -0.05) is 36.4 Å². The van der Waals surface area contributed by atoms with E-state index in [0.29, 0.717) is 6.61 Å². The molecular weight excluding hydrogens is 330 g/mol. The normalized spacial score (nSPS) is 11.8. The molecule has 0 heterocycles. The van der Waals surface area contributed by atoms with Gasteiger partial charge in [-0.25, -0.2) is 4.79 Å². The third kappa shape index (κ3) is 4.08. The second-order valence-corrected chi connectivity index (χ2v) is 5.58. The van der Waals surface area contributed by atoms with E-state index in [1.807, 2.05) is 62.4 Å². The van der Waals surface area contributed by atoms with E-state index in [4.69, 9.17) is 4.74 Å². The molecule has 21 heavy (non-hydrogen) atoms. The first kappa shape index (κ1) is 15.6. The molecule has 110 valence electrons. The van der Waals surface area contributed by atoms with E-state index in [-0.39, 0.29) is 5.97 Å². The van der Waals surface area contributed by atoms with E-state index in [0.717, 1.165) is 21.3 Å². The van der Waals surface area contributed by atoms with Crippen LogP contribution in [0.15, 0.2) is 53.0 Å². The summed E-state index contributed by atoms with van der Waals surface area (Å²) in [6.45, 7) is 4.19.